The van der Waals surface area contributed by atoms with E-state index in [4.69, 9.17) is 5.73 Å². The number of hydrogen-bond acceptors (Lipinski definition) is 3. The van der Waals surface area contributed by atoms with Crippen molar-refractivity contribution in [3.8, 4) is 0 Å². The molecular formula is C15H24ClN3O. The van der Waals surface area contributed by atoms with Gasteiger partial charge in [-0.25, -0.2) is 0 Å². The van der Waals surface area contributed by atoms with E-state index in [1.54, 1.807) is 6.20 Å². The predicted molar refractivity (Wildman–Crippen MR) is 82.7 cm³/mol. The van der Waals surface area contributed by atoms with Crippen LogP contribution in [0.3, 0.4) is 0 Å². The third kappa shape index (κ3) is 5.10. The second-order valence-corrected chi connectivity index (χ2v) is 5.28. The van der Waals surface area contributed by atoms with Crippen LogP contribution in [-0.4, -0.2) is 23.5 Å². The van der Waals surface area contributed by atoms with Gasteiger partial charge in [-0.1, -0.05) is 18.9 Å². The zero-order chi connectivity index (χ0) is 13.5. The van der Waals surface area contributed by atoms with Crippen LogP contribution in [0.25, 0.3) is 0 Å². The van der Waals surface area contributed by atoms with Crippen molar-refractivity contribution in [2.75, 3.05) is 6.54 Å². The van der Waals surface area contributed by atoms with Crippen LogP contribution in [0, 0.1) is 5.92 Å². The number of pyridine rings is 1. The minimum absolute atomic E-state index is 0. The molecule has 0 bridgehead atoms. The molecule has 2 atom stereocenters. The summed E-state index contributed by atoms with van der Waals surface area (Å²) in [4.78, 5) is 16.2. The summed E-state index contributed by atoms with van der Waals surface area (Å²) in [5, 5.41) is 3.14. The third-order valence-electron chi connectivity index (χ3n) is 3.89. The number of carbonyl (C=O) groups is 1. The average molecular weight is 298 g/mol. The Morgan fingerprint density at radius 1 is 1.35 bits per heavy atom. The molecule has 1 aromatic heterocycles. The maximum Gasteiger partial charge on any atom is 0.220 e. The van der Waals surface area contributed by atoms with Gasteiger partial charge in [-0.05, 0) is 43.9 Å². The maximum absolute atomic E-state index is 12.0. The van der Waals surface area contributed by atoms with Gasteiger partial charge in [-0.2, -0.15) is 0 Å². The van der Waals surface area contributed by atoms with Crippen molar-refractivity contribution in [2.24, 2.45) is 11.7 Å². The van der Waals surface area contributed by atoms with Crippen LogP contribution in [-0.2, 0) is 11.2 Å². The highest BCUT2D eigenvalue weighted by atomic mass is 35.5. The Labute approximate surface area is 126 Å². The third-order valence-corrected chi connectivity index (χ3v) is 3.89. The van der Waals surface area contributed by atoms with Gasteiger partial charge in [-0.3, -0.25) is 9.78 Å². The first kappa shape index (κ1) is 16.9. The van der Waals surface area contributed by atoms with E-state index in [-0.39, 0.29) is 24.4 Å². The normalized spacial score (nSPS) is 21.9. The van der Waals surface area contributed by atoms with Gasteiger partial charge >= 0.3 is 0 Å². The van der Waals surface area contributed by atoms with Crippen LogP contribution in [0.1, 0.15) is 37.8 Å². The summed E-state index contributed by atoms with van der Waals surface area (Å²) in [5.41, 5.74) is 6.74. The van der Waals surface area contributed by atoms with E-state index in [0.717, 1.165) is 18.5 Å². The summed E-state index contributed by atoms with van der Waals surface area (Å²) in [6.07, 6.45) is 7.61. The molecule has 0 radical (unpaired) electrons. The molecule has 1 saturated carbocycles. The summed E-state index contributed by atoms with van der Waals surface area (Å²) in [6.45, 7) is 0.672. The largest absolute Gasteiger partial charge is 0.353 e. The van der Waals surface area contributed by atoms with E-state index in [1.165, 1.54) is 12.8 Å². The highest BCUT2D eigenvalue weighted by molar-refractivity contribution is 5.85. The highest BCUT2D eigenvalue weighted by Gasteiger charge is 2.24. The highest BCUT2D eigenvalue weighted by Crippen LogP contribution is 2.23. The van der Waals surface area contributed by atoms with Crippen LogP contribution < -0.4 is 11.1 Å². The number of amides is 1. The Kier molecular flexibility index (Phi) is 7.55. The summed E-state index contributed by atoms with van der Waals surface area (Å²) in [5.74, 6) is 0.573. The molecule has 4 nitrogen and oxygen atoms in total. The monoisotopic (exact) mass is 297 g/mol. The van der Waals surface area contributed by atoms with Crippen LogP contribution in [0.5, 0.6) is 0 Å². The van der Waals surface area contributed by atoms with Gasteiger partial charge < -0.3 is 11.1 Å². The summed E-state index contributed by atoms with van der Waals surface area (Å²) in [6, 6.07) is 6.06. The molecule has 1 aliphatic rings. The number of nitrogens with zero attached hydrogens (tertiary/aromatic N) is 1. The van der Waals surface area contributed by atoms with Crippen molar-refractivity contribution < 1.29 is 4.79 Å². The SMILES string of the molecule is Cl.NCC1CCCCC1NC(=O)CCc1ccccn1. The Balaban J connectivity index is 0.00000200. The Morgan fingerprint density at radius 2 is 2.15 bits per heavy atom. The Bertz CT molecular complexity index is 399. The van der Waals surface area contributed by atoms with Gasteiger partial charge in [0.2, 0.25) is 5.91 Å². The number of halogens is 1. The Morgan fingerprint density at radius 3 is 2.85 bits per heavy atom. The molecule has 20 heavy (non-hydrogen) atoms. The first-order valence-corrected chi connectivity index (χ1v) is 7.19. The summed E-state index contributed by atoms with van der Waals surface area (Å²) in [7, 11) is 0. The van der Waals surface area contributed by atoms with Gasteiger partial charge in [0.15, 0.2) is 0 Å². The molecule has 1 heterocycles. The van der Waals surface area contributed by atoms with E-state index in [1.807, 2.05) is 18.2 Å². The van der Waals surface area contributed by atoms with Crippen LogP contribution >= 0.6 is 12.4 Å². The van der Waals surface area contributed by atoms with E-state index >= 15 is 0 Å². The standard InChI is InChI=1S/C15H23N3O.ClH/c16-11-12-5-1-2-7-14(12)18-15(19)9-8-13-6-3-4-10-17-13;/h3-4,6,10,12,14H,1-2,5,7-9,11,16H2,(H,18,19);1H. The molecule has 112 valence electrons. The second-order valence-electron chi connectivity index (χ2n) is 5.28. The fraction of sp³-hybridized carbons (Fsp3) is 0.600. The molecule has 0 spiro atoms. The fourth-order valence-electron chi connectivity index (χ4n) is 2.75. The molecule has 1 aliphatic carbocycles. The molecule has 1 fully saturated rings. The van der Waals surface area contributed by atoms with Crippen LogP contribution in [0.4, 0.5) is 0 Å². The van der Waals surface area contributed by atoms with Crippen LogP contribution in [0.15, 0.2) is 24.4 Å². The lowest BCUT2D eigenvalue weighted by molar-refractivity contribution is -0.122. The molecule has 5 heteroatoms. The molecule has 1 amide bonds. The van der Waals surface area contributed by atoms with E-state index in [0.29, 0.717) is 25.3 Å². The van der Waals surface area contributed by atoms with Gasteiger partial charge in [0, 0.05) is 24.4 Å². The minimum Gasteiger partial charge on any atom is -0.353 e. The fourth-order valence-corrected chi connectivity index (χ4v) is 2.75. The summed E-state index contributed by atoms with van der Waals surface area (Å²) < 4.78 is 0. The quantitative estimate of drug-likeness (QED) is 0.874. The van der Waals surface area contributed by atoms with E-state index < -0.39 is 0 Å². The minimum atomic E-state index is 0. The molecule has 2 rings (SSSR count). The number of rotatable bonds is 5. The second kappa shape index (κ2) is 8.93. The molecule has 0 aliphatic heterocycles. The predicted octanol–water partition coefficient (Wildman–Crippen LogP) is 2.07. The molecule has 2 unspecified atom stereocenters. The smallest absolute Gasteiger partial charge is 0.220 e. The lowest BCUT2D eigenvalue weighted by Gasteiger charge is -2.31. The van der Waals surface area contributed by atoms with Crippen LogP contribution in [0.2, 0.25) is 0 Å². The van der Waals surface area contributed by atoms with Crippen molar-refractivity contribution >= 4 is 18.3 Å². The zero-order valence-electron chi connectivity index (χ0n) is 11.8. The molecule has 1 aromatic rings. The van der Waals surface area contributed by atoms with Gasteiger partial charge in [0.1, 0.15) is 0 Å². The van der Waals surface area contributed by atoms with Gasteiger partial charge in [0.05, 0.1) is 0 Å². The summed E-state index contributed by atoms with van der Waals surface area (Å²) >= 11 is 0. The molecule has 0 saturated heterocycles. The van der Waals surface area contributed by atoms with Crippen molar-refractivity contribution in [1.82, 2.24) is 10.3 Å². The average Bonchev–Trinajstić information content (AvgIpc) is 2.47. The lowest BCUT2D eigenvalue weighted by Crippen LogP contribution is -2.44. The zero-order valence-corrected chi connectivity index (χ0v) is 12.6. The first-order valence-electron chi connectivity index (χ1n) is 7.19. The molecule has 0 aromatic carbocycles. The van der Waals surface area contributed by atoms with Crippen molar-refractivity contribution in [2.45, 2.75) is 44.6 Å². The number of hydrogen-bond donors (Lipinski definition) is 2. The number of nitrogens with two attached hydrogens (primary N) is 1. The first-order chi connectivity index (χ1) is 9.29. The Hall–Kier alpha value is -1.13. The molecule has 3 N–H and O–H groups in total. The molecular weight excluding hydrogens is 274 g/mol. The number of aryl methyl sites for hydroxylation is 1. The van der Waals surface area contributed by atoms with E-state index in [9.17, 15) is 4.79 Å². The van der Waals surface area contributed by atoms with E-state index in [2.05, 4.69) is 10.3 Å². The van der Waals surface area contributed by atoms with Crippen molar-refractivity contribution in [3.63, 3.8) is 0 Å². The maximum atomic E-state index is 12.0. The van der Waals surface area contributed by atoms with Gasteiger partial charge in [0.25, 0.3) is 0 Å². The number of nitrogens with one attached hydrogen (secondary N) is 1. The number of carbonyl (C=O) groups excluding carboxylic acids is 1. The van der Waals surface area contributed by atoms with Gasteiger partial charge in [-0.15, -0.1) is 12.4 Å². The van der Waals surface area contributed by atoms with Crippen molar-refractivity contribution in [3.05, 3.63) is 30.1 Å². The number of aromatic nitrogens is 1. The lowest BCUT2D eigenvalue weighted by atomic mass is 9.84. The topological polar surface area (TPSA) is 68.0 Å². The van der Waals surface area contributed by atoms with Crippen molar-refractivity contribution in [1.29, 1.82) is 0 Å².